The maximum absolute atomic E-state index is 11.1. The van der Waals surface area contributed by atoms with Gasteiger partial charge < -0.3 is 9.13 Å². The molecule has 13 aromatic rings. The molecule has 374 valence electrons. The highest BCUT2D eigenvalue weighted by Gasteiger charge is 2.27. The Labute approximate surface area is 464 Å². The Morgan fingerprint density at radius 1 is 0.263 bits per heavy atom. The Morgan fingerprint density at radius 2 is 0.512 bits per heavy atom. The minimum absolute atomic E-state index is 0.375. The molecule has 11 aromatic carbocycles. The van der Waals surface area contributed by atoms with E-state index >= 15 is 0 Å². The van der Waals surface area contributed by atoms with Gasteiger partial charge in [-0.25, -0.2) is 0 Å². The van der Waals surface area contributed by atoms with Crippen LogP contribution in [0.25, 0.3) is 122 Å². The van der Waals surface area contributed by atoms with Crippen LogP contribution in [0.3, 0.4) is 0 Å². The summed E-state index contributed by atoms with van der Waals surface area (Å²) in [5.74, 6) is 0. The topological polar surface area (TPSA) is 105 Å². The minimum Gasteiger partial charge on any atom is -0.308 e. The Kier molecular flexibility index (Phi) is 11.9. The van der Waals surface area contributed by atoms with Gasteiger partial charge in [-0.1, -0.05) is 170 Å². The summed E-state index contributed by atoms with van der Waals surface area (Å²) in [6.07, 6.45) is 0. The summed E-state index contributed by atoms with van der Waals surface area (Å²) in [4.78, 5) is 0. The lowest BCUT2D eigenvalue weighted by atomic mass is 9.81. The van der Waals surface area contributed by atoms with Gasteiger partial charge in [0.1, 0.15) is 12.1 Å². The highest BCUT2D eigenvalue weighted by atomic mass is 15.0. The lowest BCUT2D eigenvalue weighted by Crippen LogP contribution is -2.06. The van der Waals surface area contributed by atoms with Gasteiger partial charge in [0.15, 0.2) is 0 Å². The van der Waals surface area contributed by atoms with Crippen LogP contribution >= 0.6 is 0 Å². The normalized spacial score (nSPS) is 11.2. The molecule has 0 saturated heterocycles. The zero-order valence-electron chi connectivity index (χ0n) is 44.5. The zero-order chi connectivity index (χ0) is 54.8. The number of hydrogen-bond acceptors (Lipinski definition) is 4. The standard InChI is InChI=1S/C74H48N6/c1-45-46(2)74(66-40-68(60(44-78)34-58(66)42-76)80-71-37-55(51-21-13-7-14-22-51)27-31-63(71)64-32-28-56(38-72(64)80)52-23-15-8-16-24-52)48(4)47(3)73(45)65-39-67(59(43-77)33-57(65)41-75)79-69-35-53(49-17-9-5-10-18-49)25-29-61(69)62-30-26-54(36-70(62)79)50-19-11-6-12-20-50/h5-40H,1-4H3. The van der Waals surface area contributed by atoms with Crippen LogP contribution in [0, 0.1) is 73.0 Å². The Bertz CT molecular complexity index is 4350. The second kappa shape index (κ2) is 19.5. The summed E-state index contributed by atoms with van der Waals surface area (Å²) in [6, 6.07) is 84.8. The summed E-state index contributed by atoms with van der Waals surface area (Å²) < 4.78 is 4.40. The molecule has 6 heteroatoms. The van der Waals surface area contributed by atoms with E-state index in [1.807, 2.05) is 84.9 Å². The maximum atomic E-state index is 11.1. The van der Waals surface area contributed by atoms with Crippen LogP contribution in [-0.4, -0.2) is 9.13 Å². The first-order valence-electron chi connectivity index (χ1n) is 26.6. The summed E-state index contributed by atoms with van der Waals surface area (Å²) >= 11 is 0. The van der Waals surface area contributed by atoms with E-state index in [1.54, 1.807) is 12.1 Å². The number of hydrogen-bond donors (Lipinski definition) is 0. The average Bonchev–Trinajstić information content (AvgIpc) is 4.20. The number of nitrogens with zero attached hydrogens (tertiary/aromatic N) is 6. The predicted octanol–water partition coefficient (Wildman–Crippen LogP) is 18.6. The summed E-state index contributed by atoms with van der Waals surface area (Å²) in [6.45, 7) is 8.33. The average molecular weight is 1020 g/mol. The molecular formula is C74H48N6. The van der Waals surface area contributed by atoms with Crippen molar-refractivity contribution in [3.8, 4) is 102 Å². The molecule has 0 fully saturated rings. The van der Waals surface area contributed by atoms with E-state index in [-0.39, 0.29) is 0 Å². The third kappa shape index (κ3) is 7.83. The molecule has 80 heavy (non-hydrogen) atoms. The summed E-state index contributed by atoms with van der Waals surface area (Å²) in [7, 11) is 0. The van der Waals surface area contributed by atoms with Gasteiger partial charge >= 0.3 is 0 Å². The largest absolute Gasteiger partial charge is 0.308 e. The van der Waals surface area contributed by atoms with Crippen LogP contribution in [0.2, 0.25) is 0 Å². The van der Waals surface area contributed by atoms with Crippen molar-refractivity contribution in [3.63, 3.8) is 0 Å². The van der Waals surface area contributed by atoms with E-state index in [2.05, 4.69) is 182 Å². The van der Waals surface area contributed by atoms with Crippen molar-refractivity contribution in [3.05, 3.63) is 263 Å². The van der Waals surface area contributed by atoms with Crippen molar-refractivity contribution in [1.82, 2.24) is 9.13 Å². The van der Waals surface area contributed by atoms with Gasteiger partial charge in [-0.15, -0.1) is 0 Å². The van der Waals surface area contributed by atoms with Crippen molar-refractivity contribution < 1.29 is 0 Å². The smallest absolute Gasteiger partial charge is 0.101 e. The van der Waals surface area contributed by atoms with Gasteiger partial charge in [-0.3, -0.25) is 0 Å². The Balaban J connectivity index is 1.04. The Morgan fingerprint density at radius 3 is 0.750 bits per heavy atom. The van der Waals surface area contributed by atoms with Crippen molar-refractivity contribution in [2.24, 2.45) is 0 Å². The fourth-order valence-electron chi connectivity index (χ4n) is 12.2. The second-order valence-corrected chi connectivity index (χ2v) is 20.6. The fraction of sp³-hybridized carbons (Fsp3) is 0.0541. The first kappa shape index (κ1) is 48.6. The van der Waals surface area contributed by atoms with Crippen LogP contribution in [0.5, 0.6) is 0 Å². The highest BCUT2D eigenvalue weighted by Crippen LogP contribution is 2.46. The molecule has 0 atom stereocenters. The first-order chi connectivity index (χ1) is 39.2. The van der Waals surface area contributed by atoms with Crippen molar-refractivity contribution >= 4 is 43.6 Å². The summed E-state index contributed by atoms with van der Waals surface area (Å²) in [5.41, 5.74) is 22.0. The van der Waals surface area contributed by atoms with E-state index < -0.39 is 0 Å². The van der Waals surface area contributed by atoms with E-state index in [0.29, 0.717) is 44.8 Å². The number of rotatable bonds is 8. The predicted molar refractivity (Wildman–Crippen MR) is 326 cm³/mol. The molecule has 2 heterocycles. The van der Waals surface area contributed by atoms with Crippen LogP contribution < -0.4 is 0 Å². The van der Waals surface area contributed by atoms with Crippen molar-refractivity contribution in [2.45, 2.75) is 27.7 Å². The van der Waals surface area contributed by atoms with Gasteiger partial charge in [-0.2, -0.15) is 21.0 Å². The second-order valence-electron chi connectivity index (χ2n) is 20.6. The SMILES string of the molecule is Cc1c(C)c(-c2cc(-n3c4cc(-c5ccccc5)ccc4c4ccc(-c5ccccc5)cc43)c(C#N)cc2C#N)c(C)c(C)c1-c1cc(-n2c3cc(-c4ccccc4)ccc3c3ccc(-c4ccccc4)cc32)c(C#N)cc1C#N. The quantitative estimate of drug-likeness (QED) is 0.151. The molecular weight excluding hydrogens is 973 g/mol. The minimum atomic E-state index is 0.375. The van der Waals surface area contributed by atoms with Gasteiger partial charge in [0, 0.05) is 32.7 Å². The third-order valence-electron chi connectivity index (χ3n) is 16.4. The lowest BCUT2D eigenvalue weighted by Gasteiger charge is -2.24. The number of fused-ring (bicyclic) bond motifs is 6. The molecule has 13 rings (SSSR count). The maximum Gasteiger partial charge on any atom is 0.101 e. The highest BCUT2D eigenvalue weighted by molar-refractivity contribution is 6.13. The van der Waals surface area contributed by atoms with E-state index in [9.17, 15) is 21.0 Å². The molecule has 0 unspecified atom stereocenters. The number of nitriles is 4. The molecule has 0 N–H and O–H groups in total. The van der Waals surface area contributed by atoms with Crippen molar-refractivity contribution in [2.75, 3.05) is 0 Å². The molecule has 0 saturated carbocycles. The molecule has 0 aliphatic carbocycles. The molecule has 6 nitrogen and oxygen atoms in total. The van der Waals surface area contributed by atoms with Crippen LogP contribution in [-0.2, 0) is 0 Å². The number of benzene rings is 11. The van der Waals surface area contributed by atoms with Gasteiger partial charge in [0.05, 0.1) is 67.8 Å². The monoisotopic (exact) mass is 1020 g/mol. The van der Waals surface area contributed by atoms with Crippen LogP contribution in [0.4, 0.5) is 0 Å². The molecule has 2 aromatic heterocycles. The molecule has 0 bridgehead atoms. The molecule has 0 radical (unpaired) electrons. The van der Waals surface area contributed by atoms with Crippen LogP contribution in [0.15, 0.2) is 218 Å². The van der Waals surface area contributed by atoms with Crippen molar-refractivity contribution in [1.29, 1.82) is 21.0 Å². The Hall–Kier alpha value is -11.0. The number of aromatic nitrogens is 2. The van der Waals surface area contributed by atoms with Gasteiger partial charge in [0.2, 0.25) is 0 Å². The lowest BCUT2D eigenvalue weighted by molar-refractivity contribution is 1.16. The molecule has 0 aliphatic heterocycles. The van der Waals surface area contributed by atoms with E-state index in [1.165, 1.54) is 0 Å². The van der Waals surface area contributed by atoms with E-state index in [4.69, 9.17) is 0 Å². The molecule has 0 amide bonds. The molecule has 0 spiro atoms. The van der Waals surface area contributed by atoms with Gasteiger partial charge in [0.25, 0.3) is 0 Å². The fourth-order valence-corrected chi connectivity index (χ4v) is 12.2. The van der Waals surface area contributed by atoms with Crippen LogP contribution in [0.1, 0.15) is 44.5 Å². The first-order valence-corrected chi connectivity index (χ1v) is 26.6. The van der Waals surface area contributed by atoms with E-state index in [0.717, 1.165) is 122 Å². The third-order valence-corrected chi connectivity index (χ3v) is 16.4. The van der Waals surface area contributed by atoms with Gasteiger partial charge in [-0.05, 0) is 154 Å². The zero-order valence-corrected chi connectivity index (χ0v) is 44.5. The summed E-state index contributed by atoms with van der Waals surface area (Å²) in [5, 5.41) is 48.4. The molecule has 0 aliphatic rings.